The van der Waals surface area contributed by atoms with Gasteiger partial charge in [0.2, 0.25) is 0 Å². The normalized spacial score (nSPS) is 7.46. The summed E-state index contributed by atoms with van der Waals surface area (Å²) in [6.45, 7) is 4.59. The quantitative estimate of drug-likeness (QED) is 0.153. The SMILES string of the molecule is C#CC#CC#CC#CC#CC#CC#CC#CC#C.CCCCCCCCCCCCCCCCCCC. The molecule has 0 aliphatic carbocycles. The van der Waals surface area contributed by atoms with E-state index in [2.05, 4.69) is 109 Å². The Balaban J connectivity index is 0. The topological polar surface area (TPSA) is 0 Å². The summed E-state index contributed by atoms with van der Waals surface area (Å²) in [7, 11) is 0. The van der Waals surface area contributed by atoms with Crippen molar-refractivity contribution in [2.75, 3.05) is 0 Å². The van der Waals surface area contributed by atoms with Gasteiger partial charge in [-0.25, -0.2) is 0 Å². The highest BCUT2D eigenvalue weighted by Crippen LogP contribution is 2.13. The number of terminal acetylenes is 2. The van der Waals surface area contributed by atoms with Crippen molar-refractivity contribution in [3.63, 3.8) is 0 Å². The summed E-state index contributed by atoms with van der Waals surface area (Å²) in [6.07, 6.45) is 34.7. The zero-order valence-corrected chi connectivity index (χ0v) is 23.2. The van der Waals surface area contributed by atoms with Gasteiger partial charge in [-0.1, -0.05) is 123 Å². The molecule has 0 aliphatic heterocycles. The lowest BCUT2D eigenvalue weighted by molar-refractivity contribution is 0.529. The molecule has 0 atom stereocenters. The Morgan fingerprint density at radius 1 is 0.270 bits per heavy atom. The fraction of sp³-hybridized carbons (Fsp3) is 0.514. The smallest absolute Gasteiger partial charge is 0.0000000000000000272 e. The van der Waals surface area contributed by atoms with Crippen LogP contribution in [-0.2, 0) is 0 Å². The van der Waals surface area contributed by atoms with Crippen LogP contribution < -0.4 is 0 Å². The molecule has 0 saturated carbocycles. The van der Waals surface area contributed by atoms with Crippen molar-refractivity contribution >= 4 is 0 Å². The number of hydrogen-bond acceptors (Lipinski definition) is 0. The lowest BCUT2D eigenvalue weighted by Crippen LogP contribution is -1.83. The Hall–Kier alpha value is -3.96. The van der Waals surface area contributed by atoms with Gasteiger partial charge < -0.3 is 0 Å². The highest BCUT2D eigenvalue weighted by atomic mass is 14.0. The molecular weight excluding hydrogens is 444 g/mol. The summed E-state index contributed by atoms with van der Waals surface area (Å²) < 4.78 is 0. The largest absolute Gasteiger partial charge is 0.106 e. The van der Waals surface area contributed by atoms with E-state index in [9.17, 15) is 0 Å². The second-order valence-electron chi connectivity index (χ2n) is 8.34. The molecule has 0 nitrogen and oxygen atoms in total. The van der Waals surface area contributed by atoms with Crippen LogP contribution in [0.25, 0.3) is 0 Å². The van der Waals surface area contributed by atoms with E-state index in [1.807, 2.05) is 0 Å². The van der Waals surface area contributed by atoms with E-state index in [0.29, 0.717) is 0 Å². The van der Waals surface area contributed by atoms with E-state index in [-0.39, 0.29) is 0 Å². The third-order valence-electron chi connectivity index (χ3n) is 5.16. The summed E-state index contributed by atoms with van der Waals surface area (Å²) in [6, 6.07) is 0. The van der Waals surface area contributed by atoms with Gasteiger partial charge in [0.25, 0.3) is 0 Å². The molecule has 0 N–H and O–H groups in total. The first-order valence-electron chi connectivity index (χ1n) is 13.7. The molecule has 37 heavy (non-hydrogen) atoms. The highest BCUT2D eigenvalue weighted by molar-refractivity contribution is 5.46. The van der Waals surface area contributed by atoms with Crippen molar-refractivity contribution in [1.29, 1.82) is 0 Å². The van der Waals surface area contributed by atoms with Gasteiger partial charge in [-0.15, -0.1) is 12.8 Å². The van der Waals surface area contributed by atoms with Crippen molar-refractivity contribution < 1.29 is 0 Å². The summed E-state index contributed by atoms with van der Waals surface area (Å²) in [5.41, 5.74) is 0. The first-order chi connectivity index (χ1) is 18.3. The molecule has 0 spiro atoms. The molecule has 0 bridgehead atoms. The van der Waals surface area contributed by atoms with E-state index < -0.39 is 0 Å². The van der Waals surface area contributed by atoms with Crippen LogP contribution in [0.4, 0.5) is 0 Å². The molecule has 0 amide bonds. The fourth-order valence-electron chi connectivity index (χ4n) is 3.25. The molecule has 0 radical (unpaired) electrons. The molecule has 0 heteroatoms. The maximum absolute atomic E-state index is 4.88. The van der Waals surface area contributed by atoms with E-state index in [1.165, 1.54) is 109 Å². The van der Waals surface area contributed by atoms with Gasteiger partial charge in [0, 0.05) is 0 Å². The second-order valence-corrected chi connectivity index (χ2v) is 8.34. The molecule has 0 rings (SSSR count). The Morgan fingerprint density at radius 3 is 0.595 bits per heavy atom. The van der Waals surface area contributed by atoms with Crippen LogP contribution in [0.3, 0.4) is 0 Å². The molecular formula is C37H42. The first kappa shape index (κ1) is 35.2. The molecule has 190 valence electrons. The third kappa shape index (κ3) is 39.5. The standard InChI is InChI=1S/C19H40.C18H2/c1-3-5-7-9-11-13-15-17-19-18-16-14-12-10-8-6-4-2;1-3-5-7-9-11-13-15-17-18-16-14-12-10-8-6-4-2/h3-19H2,1-2H3;1-2H. The van der Waals surface area contributed by atoms with Crippen LogP contribution in [0.15, 0.2) is 0 Å². The lowest BCUT2D eigenvalue weighted by atomic mass is 10.0. The minimum atomic E-state index is 1.37. The van der Waals surface area contributed by atoms with Crippen LogP contribution >= 0.6 is 0 Å². The molecule has 0 heterocycles. The van der Waals surface area contributed by atoms with Gasteiger partial charge in [0.05, 0.1) is 0 Å². The Labute approximate surface area is 230 Å². The Bertz CT molecular complexity index is 993. The number of rotatable bonds is 16. The van der Waals surface area contributed by atoms with E-state index in [1.54, 1.807) is 0 Å². The monoisotopic (exact) mass is 486 g/mol. The highest BCUT2D eigenvalue weighted by Gasteiger charge is 1.94. The van der Waals surface area contributed by atoms with Crippen molar-refractivity contribution in [2.24, 2.45) is 0 Å². The van der Waals surface area contributed by atoms with E-state index in [0.717, 1.165) is 0 Å². The molecule has 0 aromatic heterocycles. The molecule has 0 aromatic carbocycles. The molecule has 0 saturated heterocycles. The maximum Gasteiger partial charge on any atom is -0.0000000000000000272 e. The number of hydrogen-bond donors (Lipinski definition) is 0. The van der Waals surface area contributed by atoms with Gasteiger partial charge in [-0.3, -0.25) is 0 Å². The van der Waals surface area contributed by atoms with Crippen molar-refractivity contribution in [3.8, 4) is 108 Å². The van der Waals surface area contributed by atoms with Crippen LogP contribution in [0, 0.1) is 108 Å². The van der Waals surface area contributed by atoms with E-state index in [4.69, 9.17) is 12.8 Å². The van der Waals surface area contributed by atoms with Crippen molar-refractivity contribution in [1.82, 2.24) is 0 Å². The predicted octanol–water partition coefficient (Wildman–Crippen LogP) is 7.93. The zero-order chi connectivity index (χ0) is 27.3. The molecule has 0 fully saturated rings. The van der Waals surface area contributed by atoms with Gasteiger partial charge >= 0.3 is 0 Å². The summed E-state index contributed by atoms with van der Waals surface area (Å²) in [5.74, 6) is 38.2. The lowest BCUT2D eigenvalue weighted by Gasteiger charge is -2.03. The van der Waals surface area contributed by atoms with Gasteiger partial charge in [-0.05, 0) is 94.7 Å². The minimum absolute atomic E-state index is 1.37. The predicted molar refractivity (Wildman–Crippen MR) is 162 cm³/mol. The average Bonchev–Trinajstić information content (AvgIpc) is 2.91. The summed E-state index contributed by atoms with van der Waals surface area (Å²) >= 11 is 0. The van der Waals surface area contributed by atoms with Crippen LogP contribution in [-0.4, -0.2) is 0 Å². The third-order valence-corrected chi connectivity index (χ3v) is 5.16. The van der Waals surface area contributed by atoms with Crippen LogP contribution in [0.2, 0.25) is 0 Å². The molecule has 0 unspecified atom stereocenters. The first-order valence-corrected chi connectivity index (χ1v) is 13.7. The second kappa shape index (κ2) is 36.6. The summed E-state index contributed by atoms with van der Waals surface area (Å²) in [4.78, 5) is 0. The zero-order valence-electron chi connectivity index (χ0n) is 23.2. The van der Waals surface area contributed by atoms with E-state index >= 15 is 0 Å². The van der Waals surface area contributed by atoms with Crippen molar-refractivity contribution in [3.05, 3.63) is 0 Å². The van der Waals surface area contributed by atoms with Crippen LogP contribution in [0.5, 0.6) is 0 Å². The van der Waals surface area contributed by atoms with Gasteiger partial charge in [0.1, 0.15) is 0 Å². The molecule has 0 aromatic rings. The average molecular weight is 487 g/mol. The minimum Gasteiger partial charge on any atom is -0.106 e. The summed E-state index contributed by atoms with van der Waals surface area (Å²) in [5, 5.41) is 0. The van der Waals surface area contributed by atoms with Gasteiger partial charge in [0.15, 0.2) is 0 Å². The Morgan fingerprint density at radius 2 is 0.432 bits per heavy atom. The van der Waals surface area contributed by atoms with Crippen LogP contribution in [0.1, 0.15) is 123 Å². The number of unbranched alkanes of at least 4 members (excludes halogenated alkanes) is 16. The fourth-order valence-corrected chi connectivity index (χ4v) is 3.25. The van der Waals surface area contributed by atoms with Gasteiger partial charge in [-0.2, -0.15) is 0 Å². The Kier molecular flexibility index (Phi) is 34.8. The molecule has 0 aliphatic rings. The van der Waals surface area contributed by atoms with Crippen molar-refractivity contribution in [2.45, 2.75) is 123 Å². The maximum atomic E-state index is 4.88.